The fourth-order valence-corrected chi connectivity index (χ4v) is 3.57. The van der Waals surface area contributed by atoms with Gasteiger partial charge in [0.2, 0.25) is 11.8 Å². The lowest BCUT2D eigenvalue weighted by Gasteiger charge is -2.26. The van der Waals surface area contributed by atoms with Crippen molar-refractivity contribution in [3.8, 4) is 0 Å². The molecule has 0 bridgehead atoms. The minimum Gasteiger partial charge on any atom is -0.458 e. The highest BCUT2D eigenvalue weighted by Gasteiger charge is 2.31. The number of carbonyl (C=O) groups is 3. The van der Waals surface area contributed by atoms with Crippen LogP contribution in [-0.4, -0.2) is 23.4 Å². The molecule has 0 aliphatic rings. The van der Waals surface area contributed by atoms with Crippen LogP contribution in [-0.2, 0) is 25.5 Å². The predicted molar refractivity (Wildman–Crippen MR) is 131 cm³/mol. The molecule has 0 aliphatic heterocycles. The number of rotatable bonds is 8. The van der Waals surface area contributed by atoms with E-state index in [9.17, 15) is 23.2 Å². The number of hydrogen-bond acceptors (Lipinski definition) is 4. The minimum atomic E-state index is -1.18. The van der Waals surface area contributed by atoms with Gasteiger partial charge in [0.15, 0.2) is 6.04 Å². The van der Waals surface area contributed by atoms with Crippen molar-refractivity contribution in [3.05, 3.63) is 107 Å². The molecule has 2 N–H and O–H groups in total. The van der Waals surface area contributed by atoms with E-state index in [1.807, 2.05) is 0 Å². The fourth-order valence-electron chi connectivity index (χ4n) is 3.57. The quantitative estimate of drug-likeness (QED) is 0.450. The molecule has 0 spiro atoms. The molecule has 3 aromatic carbocycles. The average Bonchev–Trinajstić information content (AvgIpc) is 2.80. The molecule has 0 saturated heterocycles. The lowest BCUT2D eigenvalue weighted by atomic mass is 10.0. The first-order valence-electron chi connectivity index (χ1n) is 11.4. The monoisotopic (exact) mass is 494 g/mol. The van der Waals surface area contributed by atoms with Crippen LogP contribution in [0.2, 0.25) is 0 Å². The van der Waals surface area contributed by atoms with Crippen LogP contribution in [0.3, 0.4) is 0 Å². The van der Waals surface area contributed by atoms with E-state index in [1.165, 1.54) is 0 Å². The van der Waals surface area contributed by atoms with Gasteiger partial charge in [-0.05, 0) is 49.6 Å². The molecule has 2 amide bonds. The maximum Gasteiger partial charge on any atom is 0.333 e. The third-order valence-electron chi connectivity index (χ3n) is 5.05. The van der Waals surface area contributed by atoms with Gasteiger partial charge in [0.25, 0.3) is 0 Å². The van der Waals surface area contributed by atoms with E-state index in [0.29, 0.717) is 17.2 Å². The molecule has 0 aliphatic carbocycles. The summed E-state index contributed by atoms with van der Waals surface area (Å²) >= 11 is 0. The van der Waals surface area contributed by atoms with Gasteiger partial charge in [-0.1, -0.05) is 60.7 Å². The first kappa shape index (κ1) is 26.5. The van der Waals surface area contributed by atoms with E-state index in [-0.39, 0.29) is 12.0 Å². The summed E-state index contributed by atoms with van der Waals surface area (Å²) in [6.45, 7) is 5.16. The minimum absolute atomic E-state index is 0.119. The number of hydrogen-bond donors (Lipinski definition) is 2. The van der Waals surface area contributed by atoms with Gasteiger partial charge < -0.3 is 15.4 Å². The second kappa shape index (κ2) is 11.6. The molecule has 6 nitrogen and oxygen atoms in total. The van der Waals surface area contributed by atoms with Crippen molar-refractivity contribution in [3.63, 3.8) is 0 Å². The van der Waals surface area contributed by atoms with Crippen LogP contribution in [0.4, 0.5) is 8.78 Å². The maximum atomic E-state index is 13.6. The standard InChI is InChI=1S/C28H28F2N2O4/c1-28(2,3)36-27(35)25(20-12-8-5-9-13-20)32-26(34)24(19-10-6-4-7-11-19)31-23(33)16-18-14-21(29)17-22(30)15-18/h4-15,17,24-25H,16H2,1-3H3,(H,31,33)(H,32,34)/t24-,25-/m0/s1. The fraction of sp³-hybridized carbons (Fsp3) is 0.250. The summed E-state index contributed by atoms with van der Waals surface area (Å²) in [5.41, 5.74) is 0.300. The molecule has 0 fully saturated rings. The number of amides is 2. The molecule has 0 radical (unpaired) electrons. The van der Waals surface area contributed by atoms with E-state index in [2.05, 4.69) is 10.6 Å². The maximum absolute atomic E-state index is 13.6. The van der Waals surface area contributed by atoms with Gasteiger partial charge in [0.1, 0.15) is 23.3 Å². The normalized spacial score (nSPS) is 12.8. The summed E-state index contributed by atoms with van der Waals surface area (Å²) < 4.78 is 32.6. The van der Waals surface area contributed by atoms with Crippen molar-refractivity contribution >= 4 is 17.8 Å². The number of ether oxygens (including phenoxy) is 1. The Morgan fingerprint density at radius 1 is 0.778 bits per heavy atom. The number of benzene rings is 3. The highest BCUT2D eigenvalue weighted by Crippen LogP contribution is 2.21. The number of nitrogens with one attached hydrogen (secondary N) is 2. The molecule has 188 valence electrons. The van der Waals surface area contributed by atoms with Gasteiger partial charge in [-0.2, -0.15) is 0 Å². The van der Waals surface area contributed by atoms with Crippen LogP contribution < -0.4 is 10.6 Å². The largest absolute Gasteiger partial charge is 0.458 e. The van der Waals surface area contributed by atoms with Gasteiger partial charge >= 0.3 is 5.97 Å². The van der Waals surface area contributed by atoms with E-state index in [4.69, 9.17) is 4.74 Å². The molecule has 36 heavy (non-hydrogen) atoms. The SMILES string of the molecule is CC(C)(C)OC(=O)[C@@H](NC(=O)[C@@H](NC(=O)Cc1cc(F)cc(F)c1)c1ccccc1)c1ccccc1. The molecule has 2 atom stereocenters. The highest BCUT2D eigenvalue weighted by molar-refractivity contribution is 5.92. The van der Waals surface area contributed by atoms with Crippen LogP contribution in [0.25, 0.3) is 0 Å². The highest BCUT2D eigenvalue weighted by atomic mass is 19.1. The smallest absolute Gasteiger partial charge is 0.333 e. The van der Waals surface area contributed by atoms with Gasteiger partial charge in [-0.15, -0.1) is 0 Å². The molecular formula is C28H28F2N2O4. The van der Waals surface area contributed by atoms with Crippen LogP contribution in [0.5, 0.6) is 0 Å². The molecule has 0 saturated carbocycles. The Balaban J connectivity index is 1.86. The molecular weight excluding hydrogens is 466 g/mol. The van der Waals surface area contributed by atoms with Crippen molar-refractivity contribution in [1.29, 1.82) is 0 Å². The topological polar surface area (TPSA) is 84.5 Å². The Morgan fingerprint density at radius 3 is 1.78 bits per heavy atom. The van der Waals surface area contributed by atoms with Crippen molar-refractivity contribution in [2.45, 2.75) is 44.9 Å². The third-order valence-corrected chi connectivity index (χ3v) is 5.05. The Bertz CT molecular complexity index is 1190. The van der Waals surface area contributed by atoms with Crippen molar-refractivity contribution < 1.29 is 27.9 Å². The predicted octanol–water partition coefficient (Wildman–Crippen LogP) is 4.56. The molecule has 3 aromatic rings. The Kier molecular flexibility index (Phi) is 8.53. The van der Waals surface area contributed by atoms with Gasteiger partial charge in [0.05, 0.1) is 6.42 Å². The first-order valence-corrected chi connectivity index (χ1v) is 11.4. The zero-order valence-corrected chi connectivity index (χ0v) is 20.3. The molecule has 8 heteroatoms. The van der Waals surface area contributed by atoms with Gasteiger partial charge in [-0.3, -0.25) is 9.59 Å². The molecule has 3 rings (SSSR count). The molecule has 0 aromatic heterocycles. The summed E-state index contributed by atoms with van der Waals surface area (Å²) in [5, 5.41) is 5.31. The number of halogens is 2. The first-order chi connectivity index (χ1) is 17.0. The summed E-state index contributed by atoms with van der Waals surface area (Å²) in [5.74, 6) is -3.55. The Morgan fingerprint density at radius 2 is 1.28 bits per heavy atom. The zero-order chi connectivity index (χ0) is 26.3. The Labute approximate surface area is 208 Å². The van der Waals surface area contributed by atoms with Crippen LogP contribution >= 0.6 is 0 Å². The van der Waals surface area contributed by atoms with Crippen molar-refractivity contribution in [1.82, 2.24) is 10.6 Å². The second-order valence-corrected chi connectivity index (χ2v) is 9.25. The number of carbonyl (C=O) groups excluding carboxylic acids is 3. The van der Waals surface area contributed by atoms with Crippen LogP contribution in [0.15, 0.2) is 78.9 Å². The van der Waals surface area contributed by atoms with Gasteiger partial charge in [0, 0.05) is 6.07 Å². The van der Waals surface area contributed by atoms with Crippen LogP contribution in [0, 0.1) is 11.6 Å². The zero-order valence-electron chi connectivity index (χ0n) is 20.3. The second-order valence-electron chi connectivity index (χ2n) is 9.25. The van der Waals surface area contributed by atoms with Crippen molar-refractivity contribution in [2.75, 3.05) is 0 Å². The van der Waals surface area contributed by atoms with Gasteiger partial charge in [-0.25, -0.2) is 13.6 Å². The van der Waals surface area contributed by atoms with E-state index in [0.717, 1.165) is 12.1 Å². The summed E-state index contributed by atoms with van der Waals surface area (Å²) in [4.78, 5) is 39.2. The molecule has 0 unspecified atom stereocenters. The Hall–Kier alpha value is -4.07. The number of esters is 1. The average molecular weight is 495 g/mol. The summed E-state index contributed by atoms with van der Waals surface area (Å²) in [6, 6.07) is 17.6. The summed E-state index contributed by atoms with van der Waals surface area (Å²) in [7, 11) is 0. The lowest BCUT2D eigenvalue weighted by Crippen LogP contribution is -2.45. The summed E-state index contributed by atoms with van der Waals surface area (Å²) in [6.07, 6.45) is -0.348. The van der Waals surface area contributed by atoms with E-state index < -0.39 is 47.1 Å². The van der Waals surface area contributed by atoms with Crippen molar-refractivity contribution in [2.24, 2.45) is 0 Å². The van der Waals surface area contributed by atoms with E-state index in [1.54, 1.807) is 81.4 Å². The van der Waals surface area contributed by atoms with Crippen LogP contribution in [0.1, 0.15) is 49.5 Å². The lowest BCUT2D eigenvalue weighted by molar-refractivity contribution is -0.159. The third kappa shape index (κ3) is 7.73. The van der Waals surface area contributed by atoms with E-state index >= 15 is 0 Å². The molecule has 0 heterocycles.